The smallest absolute Gasteiger partial charge is 0.264 e. The van der Waals surface area contributed by atoms with Gasteiger partial charge in [-0.3, -0.25) is 0 Å². The van der Waals surface area contributed by atoms with Crippen molar-refractivity contribution in [1.29, 1.82) is 0 Å². The van der Waals surface area contributed by atoms with Crippen LogP contribution in [0.1, 0.15) is 6.92 Å². The fraction of sp³-hybridized carbons (Fsp3) is 0.750. The molecule has 9 heavy (non-hydrogen) atoms. The van der Waals surface area contributed by atoms with E-state index in [1.54, 1.807) is 0 Å². The van der Waals surface area contributed by atoms with E-state index < -0.39 is 12.5 Å². The van der Waals surface area contributed by atoms with Crippen LogP contribution in [0.2, 0.25) is 0 Å². The lowest BCUT2D eigenvalue weighted by atomic mass is 10.4. The molecule has 0 atom stereocenters. The predicted octanol–water partition coefficient (Wildman–Crippen LogP) is -0.0850. The molecule has 0 fully saturated rings. The van der Waals surface area contributed by atoms with E-state index in [1.165, 1.54) is 0 Å². The lowest BCUT2D eigenvalue weighted by Crippen LogP contribution is -2.26. The third-order valence-corrected chi connectivity index (χ3v) is 0.539. The quantitative estimate of drug-likeness (QED) is 0.413. The summed E-state index contributed by atoms with van der Waals surface area (Å²) in [4.78, 5) is 3.12. The van der Waals surface area contributed by atoms with Gasteiger partial charge in [0.2, 0.25) is 0 Å². The molecular formula is C4H9F2N3. The average Bonchev–Trinajstić information content (AvgIpc) is 1.59. The molecule has 5 heteroatoms. The minimum atomic E-state index is -2.82. The molecule has 0 aromatic carbocycles. The van der Waals surface area contributed by atoms with Crippen molar-refractivity contribution in [2.75, 3.05) is 6.54 Å². The maximum atomic E-state index is 11.9. The minimum Gasteiger partial charge on any atom is -0.370 e. The van der Waals surface area contributed by atoms with Crippen molar-refractivity contribution < 1.29 is 8.78 Å². The first-order chi connectivity index (χ1) is 3.92. The summed E-state index contributed by atoms with van der Waals surface area (Å²) in [6, 6.07) is 0. The van der Waals surface area contributed by atoms with Crippen LogP contribution in [-0.2, 0) is 0 Å². The summed E-state index contributed by atoms with van der Waals surface area (Å²) in [5.74, 6) is -3.12. The molecule has 0 rings (SSSR count). The summed E-state index contributed by atoms with van der Waals surface area (Å²) in [5, 5.41) is 0. The molecule has 0 aliphatic heterocycles. The number of rotatable bonds is 2. The first kappa shape index (κ1) is 8.13. The Morgan fingerprint density at radius 3 is 2.11 bits per heavy atom. The molecule has 0 aliphatic rings. The van der Waals surface area contributed by atoms with Gasteiger partial charge >= 0.3 is 0 Å². The van der Waals surface area contributed by atoms with E-state index in [9.17, 15) is 8.78 Å². The Hall–Kier alpha value is -0.870. The number of halogens is 2. The van der Waals surface area contributed by atoms with E-state index >= 15 is 0 Å². The summed E-state index contributed by atoms with van der Waals surface area (Å²) in [6.07, 6.45) is 0. The molecule has 0 spiro atoms. The van der Waals surface area contributed by atoms with E-state index in [4.69, 9.17) is 11.5 Å². The van der Waals surface area contributed by atoms with Crippen LogP contribution in [0.15, 0.2) is 4.99 Å². The van der Waals surface area contributed by atoms with Gasteiger partial charge < -0.3 is 11.5 Å². The van der Waals surface area contributed by atoms with Crippen molar-refractivity contribution in [3.63, 3.8) is 0 Å². The molecule has 4 N–H and O–H groups in total. The van der Waals surface area contributed by atoms with Crippen LogP contribution in [-0.4, -0.2) is 18.4 Å². The molecular weight excluding hydrogens is 128 g/mol. The van der Waals surface area contributed by atoms with Gasteiger partial charge in [-0.25, -0.2) is 13.8 Å². The lowest BCUT2D eigenvalue weighted by molar-refractivity contribution is 0.0326. The fourth-order valence-electron chi connectivity index (χ4n) is 0.230. The van der Waals surface area contributed by atoms with Crippen LogP contribution in [0.5, 0.6) is 0 Å². The van der Waals surface area contributed by atoms with E-state index in [0.29, 0.717) is 0 Å². The first-order valence-electron chi connectivity index (χ1n) is 2.35. The number of hydrogen-bond acceptors (Lipinski definition) is 1. The molecule has 0 radical (unpaired) electrons. The fourth-order valence-corrected chi connectivity index (χ4v) is 0.230. The van der Waals surface area contributed by atoms with Crippen LogP contribution in [0, 0.1) is 0 Å². The Morgan fingerprint density at radius 1 is 1.56 bits per heavy atom. The average molecular weight is 137 g/mol. The molecule has 0 amide bonds. The summed E-state index contributed by atoms with van der Waals surface area (Å²) >= 11 is 0. The van der Waals surface area contributed by atoms with Gasteiger partial charge in [0.25, 0.3) is 5.92 Å². The van der Waals surface area contributed by atoms with Gasteiger partial charge in [-0.1, -0.05) is 0 Å². The van der Waals surface area contributed by atoms with Crippen molar-refractivity contribution in [2.45, 2.75) is 12.8 Å². The van der Waals surface area contributed by atoms with E-state index in [-0.39, 0.29) is 5.96 Å². The highest BCUT2D eigenvalue weighted by molar-refractivity contribution is 5.75. The second-order valence-corrected chi connectivity index (χ2v) is 1.81. The summed E-state index contributed by atoms with van der Waals surface area (Å²) in [6.45, 7) is 0.106. The largest absolute Gasteiger partial charge is 0.370 e. The van der Waals surface area contributed by atoms with Crippen LogP contribution in [0.25, 0.3) is 0 Å². The highest BCUT2D eigenvalue weighted by Gasteiger charge is 2.19. The van der Waals surface area contributed by atoms with Crippen molar-refractivity contribution in [3.05, 3.63) is 0 Å². The Balaban J connectivity index is 3.64. The maximum Gasteiger partial charge on any atom is 0.264 e. The predicted molar refractivity (Wildman–Crippen MR) is 31.3 cm³/mol. The number of aliphatic imine (C=N–C) groups is 1. The molecule has 0 unspecified atom stereocenters. The van der Waals surface area contributed by atoms with Crippen LogP contribution in [0.3, 0.4) is 0 Å². The molecule has 54 valence electrons. The van der Waals surface area contributed by atoms with E-state index in [1.807, 2.05) is 0 Å². The molecule has 0 aromatic rings. The van der Waals surface area contributed by atoms with Gasteiger partial charge in [-0.2, -0.15) is 0 Å². The zero-order chi connectivity index (χ0) is 7.49. The monoisotopic (exact) mass is 137 g/mol. The third-order valence-electron chi connectivity index (χ3n) is 0.539. The van der Waals surface area contributed by atoms with Crippen LogP contribution >= 0.6 is 0 Å². The molecule has 0 aromatic heterocycles. The molecule has 0 saturated heterocycles. The van der Waals surface area contributed by atoms with Crippen molar-refractivity contribution >= 4 is 5.96 Å². The van der Waals surface area contributed by atoms with Crippen molar-refractivity contribution in [1.82, 2.24) is 0 Å². The van der Waals surface area contributed by atoms with Crippen LogP contribution in [0.4, 0.5) is 8.78 Å². The zero-order valence-corrected chi connectivity index (χ0v) is 5.06. The van der Waals surface area contributed by atoms with Gasteiger partial charge in [0.15, 0.2) is 5.96 Å². The highest BCUT2D eigenvalue weighted by atomic mass is 19.3. The minimum absolute atomic E-state index is 0.309. The molecule has 3 nitrogen and oxygen atoms in total. The van der Waals surface area contributed by atoms with E-state index in [2.05, 4.69) is 4.99 Å². The summed E-state index contributed by atoms with van der Waals surface area (Å²) in [7, 11) is 0. The van der Waals surface area contributed by atoms with Crippen molar-refractivity contribution in [3.8, 4) is 0 Å². The van der Waals surface area contributed by atoms with Crippen LogP contribution < -0.4 is 11.5 Å². The van der Waals surface area contributed by atoms with Gasteiger partial charge in [0.1, 0.15) is 6.54 Å². The summed E-state index contributed by atoms with van der Waals surface area (Å²) in [5.41, 5.74) is 9.59. The second kappa shape index (κ2) is 2.61. The molecule has 0 bridgehead atoms. The number of nitrogens with two attached hydrogens (primary N) is 2. The third kappa shape index (κ3) is 7.13. The molecule has 0 heterocycles. The Kier molecular flexibility index (Phi) is 2.36. The molecule has 0 aliphatic carbocycles. The first-order valence-corrected chi connectivity index (χ1v) is 2.35. The number of hydrogen-bond donors (Lipinski definition) is 2. The maximum absolute atomic E-state index is 11.9. The topological polar surface area (TPSA) is 64.4 Å². The SMILES string of the molecule is CC(F)(F)CN=C(N)N. The number of alkyl halides is 2. The van der Waals surface area contributed by atoms with Gasteiger partial charge in [-0.05, 0) is 0 Å². The number of guanidine groups is 1. The van der Waals surface area contributed by atoms with Gasteiger partial charge in [0.05, 0.1) is 0 Å². The highest BCUT2D eigenvalue weighted by Crippen LogP contribution is 2.10. The molecule has 0 saturated carbocycles. The standard InChI is InChI=1S/C4H9F2N3/c1-4(5,6)2-9-3(7)8/h2H2,1H3,(H4,7,8,9). The van der Waals surface area contributed by atoms with Gasteiger partial charge in [0, 0.05) is 6.92 Å². The normalized spacial score (nSPS) is 11.0. The van der Waals surface area contributed by atoms with Crippen molar-refractivity contribution in [2.24, 2.45) is 16.5 Å². The van der Waals surface area contributed by atoms with Gasteiger partial charge in [-0.15, -0.1) is 0 Å². The number of nitrogens with zero attached hydrogens (tertiary/aromatic N) is 1. The zero-order valence-electron chi connectivity index (χ0n) is 5.06. The summed E-state index contributed by atoms with van der Waals surface area (Å²) < 4.78 is 23.7. The Labute approximate surface area is 51.7 Å². The van der Waals surface area contributed by atoms with E-state index in [0.717, 1.165) is 6.92 Å². The Morgan fingerprint density at radius 2 is 2.00 bits per heavy atom. The lowest BCUT2D eigenvalue weighted by Gasteiger charge is -2.04. The Bertz CT molecular complexity index is 111. The second-order valence-electron chi connectivity index (χ2n) is 1.81.